The molecule has 2 aromatic rings. The van der Waals surface area contributed by atoms with Gasteiger partial charge in [0, 0.05) is 12.0 Å². The zero-order valence-electron chi connectivity index (χ0n) is 12.6. The van der Waals surface area contributed by atoms with Crippen LogP contribution in [0.15, 0.2) is 30.3 Å². The third kappa shape index (κ3) is 2.69. The van der Waals surface area contributed by atoms with Gasteiger partial charge in [-0.3, -0.25) is 4.79 Å². The fourth-order valence-corrected chi connectivity index (χ4v) is 2.68. The minimum atomic E-state index is -0.267. The highest BCUT2D eigenvalue weighted by molar-refractivity contribution is 6.00. The Bertz CT molecular complexity index is 720. The van der Waals surface area contributed by atoms with Crippen molar-refractivity contribution in [3.05, 3.63) is 58.4 Å². The molecule has 22 heavy (non-hydrogen) atoms. The number of ether oxygens (including phenoxy) is 2. The molecule has 114 valence electrons. The lowest BCUT2D eigenvalue weighted by molar-refractivity contribution is 0.0932. The third-order valence-electron chi connectivity index (χ3n) is 3.82. The Balaban J connectivity index is 1.87. The van der Waals surface area contributed by atoms with Crippen molar-refractivity contribution < 1.29 is 18.7 Å². The summed E-state index contributed by atoms with van der Waals surface area (Å²) < 4.78 is 24.4. The van der Waals surface area contributed by atoms with Gasteiger partial charge in [0.05, 0.1) is 12.2 Å². The molecule has 0 fully saturated rings. The molecule has 1 aliphatic rings. The van der Waals surface area contributed by atoms with Gasteiger partial charge in [-0.15, -0.1) is 0 Å². The molecule has 0 atom stereocenters. The first-order valence-corrected chi connectivity index (χ1v) is 7.23. The fraction of sp³-hybridized carbons (Fsp3) is 0.278. The summed E-state index contributed by atoms with van der Waals surface area (Å²) in [5.41, 5.74) is 3.26. The van der Waals surface area contributed by atoms with Crippen LogP contribution < -0.4 is 9.47 Å². The van der Waals surface area contributed by atoms with Crippen molar-refractivity contribution in [2.24, 2.45) is 0 Å². The molecule has 0 unspecified atom stereocenters. The Kier molecular flexibility index (Phi) is 3.84. The predicted molar refractivity (Wildman–Crippen MR) is 81.1 cm³/mol. The molecule has 1 heterocycles. The zero-order chi connectivity index (χ0) is 15.7. The van der Waals surface area contributed by atoms with Crippen LogP contribution in [0, 0.1) is 19.7 Å². The summed E-state index contributed by atoms with van der Waals surface area (Å²) in [5.74, 6) is 1.18. The molecule has 4 heteroatoms. The van der Waals surface area contributed by atoms with E-state index in [-0.39, 0.29) is 11.6 Å². The van der Waals surface area contributed by atoms with Crippen LogP contribution in [0.2, 0.25) is 0 Å². The fourth-order valence-electron chi connectivity index (χ4n) is 2.68. The highest BCUT2D eigenvalue weighted by Crippen LogP contribution is 2.37. The van der Waals surface area contributed by atoms with Gasteiger partial charge < -0.3 is 9.47 Å². The van der Waals surface area contributed by atoms with E-state index in [1.165, 1.54) is 12.1 Å². The lowest BCUT2D eigenvalue weighted by Gasteiger charge is -2.22. The molecule has 3 nitrogen and oxygen atoms in total. The number of Topliss-reactive ketones (excluding diaryl/α,β-unsaturated/α-hetero) is 1. The summed E-state index contributed by atoms with van der Waals surface area (Å²) >= 11 is 0. The summed E-state index contributed by atoms with van der Waals surface area (Å²) in [5, 5.41) is 0. The second-order valence-electron chi connectivity index (χ2n) is 5.46. The minimum absolute atomic E-state index is 0.109. The van der Waals surface area contributed by atoms with Crippen molar-refractivity contribution in [3.8, 4) is 11.5 Å². The number of hydrogen-bond acceptors (Lipinski definition) is 3. The van der Waals surface area contributed by atoms with Crippen molar-refractivity contribution in [2.75, 3.05) is 6.61 Å². The molecule has 0 radical (unpaired) electrons. The van der Waals surface area contributed by atoms with Gasteiger partial charge in [-0.05, 0) is 43.2 Å². The van der Waals surface area contributed by atoms with E-state index in [4.69, 9.17) is 9.47 Å². The largest absolute Gasteiger partial charge is 0.492 e. The minimum Gasteiger partial charge on any atom is -0.492 e. The summed E-state index contributed by atoms with van der Waals surface area (Å²) in [4.78, 5) is 12.0. The number of halogens is 1. The number of rotatable bonds is 3. The Morgan fingerprint density at radius 2 is 1.95 bits per heavy atom. The van der Waals surface area contributed by atoms with E-state index >= 15 is 0 Å². The lowest BCUT2D eigenvalue weighted by atomic mass is 9.98. The first-order valence-electron chi connectivity index (χ1n) is 7.23. The number of carbonyl (C=O) groups excluding carboxylic acids is 1. The summed E-state index contributed by atoms with van der Waals surface area (Å²) in [6, 6.07) is 8.03. The van der Waals surface area contributed by atoms with Crippen LogP contribution >= 0.6 is 0 Å². The third-order valence-corrected chi connectivity index (χ3v) is 3.82. The van der Waals surface area contributed by atoms with E-state index < -0.39 is 0 Å². The number of aryl methyl sites for hydroxylation is 1. The average Bonchev–Trinajstić information content (AvgIpc) is 2.50. The highest BCUT2D eigenvalue weighted by atomic mass is 19.1. The maximum absolute atomic E-state index is 12.9. The van der Waals surface area contributed by atoms with Crippen LogP contribution in [0.25, 0.3) is 0 Å². The molecular formula is C18H17FO3. The molecule has 0 saturated carbocycles. The van der Waals surface area contributed by atoms with Gasteiger partial charge in [0.15, 0.2) is 5.78 Å². The van der Waals surface area contributed by atoms with Crippen molar-refractivity contribution >= 4 is 5.78 Å². The number of fused-ring (bicyclic) bond motifs is 1. The molecule has 3 rings (SSSR count). The predicted octanol–water partition coefficient (Wildman–Crippen LogP) is 3.99. The number of benzene rings is 2. The lowest BCUT2D eigenvalue weighted by Crippen LogP contribution is -2.17. The Labute approximate surface area is 128 Å². The SMILES string of the molecule is Cc1cc2c(c(C)c1OCc1ccc(F)cc1)OCCC2=O. The molecule has 2 aromatic carbocycles. The quantitative estimate of drug-likeness (QED) is 0.860. The van der Waals surface area contributed by atoms with Crippen molar-refractivity contribution in [1.82, 2.24) is 0 Å². The van der Waals surface area contributed by atoms with Crippen molar-refractivity contribution in [3.63, 3.8) is 0 Å². The molecule has 0 bridgehead atoms. The van der Waals surface area contributed by atoms with Gasteiger partial charge in [-0.25, -0.2) is 4.39 Å². The molecule has 0 spiro atoms. The van der Waals surface area contributed by atoms with Crippen LogP contribution in [0.5, 0.6) is 11.5 Å². The van der Waals surface area contributed by atoms with Gasteiger partial charge in [0.25, 0.3) is 0 Å². The van der Waals surface area contributed by atoms with Crippen LogP contribution in [0.4, 0.5) is 4.39 Å². The summed E-state index contributed by atoms with van der Waals surface area (Å²) in [6.07, 6.45) is 0.418. The number of carbonyl (C=O) groups is 1. The maximum Gasteiger partial charge on any atom is 0.170 e. The van der Waals surface area contributed by atoms with E-state index in [1.54, 1.807) is 12.1 Å². The first-order chi connectivity index (χ1) is 10.6. The second kappa shape index (κ2) is 5.79. The average molecular weight is 300 g/mol. The van der Waals surface area contributed by atoms with E-state index in [0.29, 0.717) is 30.9 Å². The van der Waals surface area contributed by atoms with Crippen LogP contribution in [0.1, 0.15) is 33.5 Å². The molecule has 0 aliphatic carbocycles. The number of ketones is 1. The van der Waals surface area contributed by atoms with E-state index in [2.05, 4.69) is 0 Å². The zero-order valence-corrected chi connectivity index (χ0v) is 12.6. The summed E-state index contributed by atoms with van der Waals surface area (Å²) in [6.45, 7) is 4.56. The summed E-state index contributed by atoms with van der Waals surface area (Å²) in [7, 11) is 0. The van der Waals surface area contributed by atoms with Gasteiger partial charge in [-0.1, -0.05) is 12.1 Å². The monoisotopic (exact) mass is 300 g/mol. The number of hydrogen-bond donors (Lipinski definition) is 0. The molecule has 0 N–H and O–H groups in total. The Hall–Kier alpha value is -2.36. The highest BCUT2D eigenvalue weighted by Gasteiger charge is 2.24. The van der Waals surface area contributed by atoms with Crippen LogP contribution in [0.3, 0.4) is 0 Å². The molecular weight excluding hydrogens is 283 g/mol. The maximum atomic E-state index is 12.9. The smallest absolute Gasteiger partial charge is 0.170 e. The normalized spacial score (nSPS) is 13.5. The molecule has 0 aromatic heterocycles. The van der Waals surface area contributed by atoms with E-state index in [1.807, 2.05) is 19.9 Å². The van der Waals surface area contributed by atoms with Crippen molar-refractivity contribution in [2.45, 2.75) is 26.9 Å². The van der Waals surface area contributed by atoms with Gasteiger partial charge >= 0.3 is 0 Å². The second-order valence-corrected chi connectivity index (χ2v) is 5.46. The Morgan fingerprint density at radius 1 is 1.23 bits per heavy atom. The van der Waals surface area contributed by atoms with Crippen molar-refractivity contribution in [1.29, 1.82) is 0 Å². The Morgan fingerprint density at radius 3 is 2.68 bits per heavy atom. The molecule has 0 saturated heterocycles. The molecule has 1 aliphatic heterocycles. The van der Waals surface area contributed by atoms with E-state index in [0.717, 1.165) is 22.4 Å². The van der Waals surface area contributed by atoms with Crippen LogP contribution in [-0.2, 0) is 6.61 Å². The first kappa shape index (κ1) is 14.6. The van der Waals surface area contributed by atoms with Gasteiger partial charge in [-0.2, -0.15) is 0 Å². The molecule has 0 amide bonds. The van der Waals surface area contributed by atoms with Gasteiger partial charge in [0.1, 0.15) is 23.9 Å². The van der Waals surface area contributed by atoms with Gasteiger partial charge in [0.2, 0.25) is 0 Å². The van der Waals surface area contributed by atoms with E-state index in [9.17, 15) is 9.18 Å². The van der Waals surface area contributed by atoms with Crippen LogP contribution in [-0.4, -0.2) is 12.4 Å². The topological polar surface area (TPSA) is 35.5 Å². The standard InChI is InChI=1S/C18H17FO3/c1-11-9-15-16(20)7-8-21-18(15)12(2)17(11)22-10-13-3-5-14(19)6-4-13/h3-6,9H,7-8,10H2,1-2H3.